The minimum Gasteiger partial charge on any atom is -0.450 e. The summed E-state index contributed by atoms with van der Waals surface area (Å²) < 4.78 is 10.5. The number of nitrogens with one attached hydrogen (secondary N) is 2. The van der Waals surface area contributed by atoms with E-state index in [2.05, 4.69) is 39.3 Å². The molecule has 0 saturated carbocycles. The van der Waals surface area contributed by atoms with Crippen LogP contribution in [0.15, 0.2) is 4.99 Å². The van der Waals surface area contributed by atoms with E-state index in [0.717, 1.165) is 58.2 Å². The van der Waals surface area contributed by atoms with Crippen molar-refractivity contribution >= 4 is 36.0 Å². The second-order valence-electron chi connectivity index (χ2n) is 7.66. The Labute approximate surface area is 186 Å². The quantitative estimate of drug-likeness (QED) is 0.308. The zero-order chi connectivity index (χ0) is 19.6. The fourth-order valence-corrected chi connectivity index (χ4v) is 3.82. The molecule has 2 atom stereocenters. The van der Waals surface area contributed by atoms with Crippen molar-refractivity contribution in [2.75, 3.05) is 59.6 Å². The Hall–Kier alpha value is -0.810. The SMILES string of the molecule is CCOC(=O)NC(CNC(=NC)N1CCC(N2CCOCC2)C1)CC(C)C.I. The van der Waals surface area contributed by atoms with Crippen LogP contribution in [0, 0.1) is 5.92 Å². The van der Waals surface area contributed by atoms with Gasteiger partial charge in [0, 0.05) is 51.9 Å². The van der Waals surface area contributed by atoms with Crippen LogP contribution in [0.4, 0.5) is 4.79 Å². The van der Waals surface area contributed by atoms with Crippen LogP contribution in [-0.2, 0) is 9.47 Å². The number of guanidine groups is 1. The Balaban J connectivity index is 0.00000392. The summed E-state index contributed by atoms with van der Waals surface area (Å²) in [6.45, 7) is 12.8. The van der Waals surface area contributed by atoms with Crippen LogP contribution in [0.3, 0.4) is 0 Å². The first-order chi connectivity index (χ1) is 13.0. The van der Waals surface area contributed by atoms with Gasteiger partial charge in [0.1, 0.15) is 0 Å². The van der Waals surface area contributed by atoms with E-state index in [4.69, 9.17) is 9.47 Å². The fraction of sp³-hybridized carbons (Fsp3) is 0.895. The summed E-state index contributed by atoms with van der Waals surface area (Å²) >= 11 is 0. The van der Waals surface area contributed by atoms with Crippen molar-refractivity contribution in [2.45, 2.75) is 45.7 Å². The summed E-state index contributed by atoms with van der Waals surface area (Å²) in [5, 5.41) is 6.41. The summed E-state index contributed by atoms with van der Waals surface area (Å²) in [6, 6.07) is 0.579. The Bertz CT molecular complexity index is 486. The highest BCUT2D eigenvalue weighted by Gasteiger charge is 2.30. The molecule has 2 unspecified atom stereocenters. The highest BCUT2D eigenvalue weighted by molar-refractivity contribution is 14.0. The van der Waals surface area contributed by atoms with Crippen LogP contribution in [-0.4, -0.2) is 93.5 Å². The lowest BCUT2D eigenvalue weighted by atomic mass is 10.0. The number of nitrogens with zero attached hydrogens (tertiary/aromatic N) is 3. The van der Waals surface area contributed by atoms with Gasteiger partial charge < -0.3 is 25.0 Å². The van der Waals surface area contributed by atoms with E-state index in [1.165, 1.54) is 0 Å². The van der Waals surface area contributed by atoms with E-state index in [1.807, 2.05) is 14.0 Å². The predicted molar refractivity (Wildman–Crippen MR) is 123 cm³/mol. The van der Waals surface area contributed by atoms with Crippen LogP contribution >= 0.6 is 24.0 Å². The molecular formula is C19H38IN5O3. The number of alkyl carbamates (subject to hydrolysis) is 1. The van der Waals surface area contributed by atoms with Gasteiger partial charge >= 0.3 is 6.09 Å². The highest BCUT2D eigenvalue weighted by atomic mass is 127. The van der Waals surface area contributed by atoms with E-state index >= 15 is 0 Å². The van der Waals surface area contributed by atoms with Crippen molar-refractivity contribution in [1.29, 1.82) is 0 Å². The van der Waals surface area contributed by atoms with Crippen molar-refractivity contribution in [3.05, 3.63) is 0 Å². The third kappa shape index (κ3) is 8.28. The van der Waals surface area contributed by atoms with Gasteiger partial charge in [-0.2, -0.15) is 0 Å². The van der Waals surface area contributed by atoms with Crippen LogP contribution in [0.2, 0.25) is 0 Å². The Kier molecular flexibility index (Phi) is 12.1. The predicted octanol–water partition coefficient (Wildman–Crippen LogP) is 1.75. The average Bonchev–Trinajstić information content (AvgIpc) is 3.12. The van der Waals surface area contributed by atoms with Gasteiger partial charge in [0.15, 0.2) is 5.96 Å². The molecule has 2 aliphatic heterocycles. The molecule has 2 aliphatic rings. The maximum atomic E-state index is 11.8. The maximum absolute atomic E-state index is 11.8. The van der Waals surface area contributed by atoms with Gasteiger partial charge in [-0.25, -0.2) is 4.79 Å². The first-order valence-corrected chi connectivity index (χ1v) is 10.2. The molecule has 0 spiro atoms. The van der Waals surface area contributed by atoms with E-state index < -0.39 is 0 Å². The summed E-state index contributed by atoms with van der Waals surface area (Å²) in [4.78, 5) is 21.1. The minimum atomic E-state index is -0.353. The molecule has 0 aliphatic carbocycles. The summed E-state index contributed by atoms with van der Waals surface area (Å²) in [5.41, 5.74) is 0. The fourth-order valence-electron chi connectivity index (χ4n) is 3.82. The molecule has 1 amide bonds. The number of amides is 1. The lowest BCUT2D eigenvalue weighted by molar-refractivity contribution is 0.0195. The van der Waals surface area contributed by atoms with Gasteiger partial charge in [-0.15, -0.1) is 24.0 Å². The van der Waals surface area contributed by atoms with Crippen LogP contribution in [0.25, 0.3) is 0 Å². The molecule has 0 aromatic heterocycles. The Morgan fingerprint density at radius 2 is 2.00 bits per heavy atom. The first-order valence-electron chi connectivity index (χ1n) is 10.2. The van der Waals surface area contributed by atoms with Crippen LogP contribution < -0.4 is 10.6 Å². The number of halogens is 1. The third-order valence-electron chi connectivity index (χ3n) is 5.10. The molecule has 2 heterocycles. The molecule has 164 valence electrons. The zero-order valence-electron chi connectivity index (χ0n) is 17.8. The van der Waals surface area contributed by atoms with Gasteiger partial charge in [-0.05, 0) is 25.7 Å². The smallest absolute Gasteiger partial charge is 0.407 e. The molecule has 0 aromatic carbocycles. The number of likely N-dealkylation sites (tertiary alicyclic amines) is 1. The minimum absolute atomic E-state index is 0. The summed E-state index contributed by atoms with van der Waals surface area (Å²) in [5.74, 6) is 1.39. The molecule has 9 heteroatoms. The van der Waals surface area contributed by atoms with Gasteiger partial charge in [0.2, 0.25) is 0 Å². The van der Waals surface area contributed by atoms with Gasteiger partial charge in [-0.3, -0.25) is 9.89 Å². The van der Waals surface area contributed by atoms with E-state index in [-0.39, 0.29) is 36.1 Å². The number of ether oxygens (including phenoxy) is 2. The monoisotopic (exact) mass is 511 g/mol. The van der Waals surface area contributed by atoms with E-state index in [9.17, 15) is 4.79 Å². The van der Waals surface area contributed by atoms with E-state index in [1.54, 1.807) is 0 Å². The molecule has 0 aromatic rings. The zero-order valence-corrected chi connectivity index (χ0v) is 20.1. The van der Waals surface area contributed by atoms with Crippen molar-refractivity contribution in [3.8, 4) is 0 Å². The first kappa shape index (κ1) is 25.2. The maximum Gasteiger partial charge on any atom is 0.407 e. The molecule has 0 radical (unpaired) electrons. The number of morpholine rings is 1. The average molecular weight is 511 g/mol. The van der Waals surface area contributed by atoms with Gasteiger partial charge in [0.05, 0.1) is 19.8 Å². The molecular weight excluding hydrogens is 473 g/mol. The molecule has 2 saturated heterocycles. The molecule has 28 heavy (non-hydrogen) atoms. The molecule has 2 rings (SSSR count). The normalized spacial score (nSPS) is 22.0. The third-order valence-corrected chi connectivity index (χ3v) is 5.10. The van der Waals surface area contributed by atoms with Gasteiger partial charge in [0.25, 0.3) is 0 Å². The lowest BCUT2D eigenvalue weighted by Crippen LogP contribution is -2.50. The lowest BCUT2D eigenvalue weighted by Gasteiger charge is -2.32. The molecule has 2 fully saturated rings. The Morgan fingerprint density at radius 3 is 2.61 bits per heavy atom. The van der Waals surface area contributed by atoms with Crippen molar-refractivity contribution < 1.29 is 14.3 Å². The number of carbonyl (C=O) groups excluding carboxylic acids is 1. The molecule has 8 nitrogen and oxygen atoms in total. The largest absolute Gasteiger partial charge is 0.450 e. The topological polar surface area (TPSA) is 78.4 Å². The highest BCUT2D eigenvalue weighted by Crippen LogP contribution is 2.17. The van der Waals surface area contributed by atoms with Crippen LogP contribution in [0.5, 0.6) is 0 Å². The second-order valence-corrected chi connectivity index (χ2v) is 7.66. The summed E-state index contributed by atoms with van der Waals surface area (Å²) in [6.07, 6.45) is 1.68. The van der Waals surface area contributed by atoms with E-state index in [0.29, 0.717) is 25.1 Å². The number of carbonyl (C=O) groups is 1. The molecule has 2 N–H and O–H groups in total. The Morgan fingerprint density at radius 1 is 1.29 bits per heavy atom. The van der Waals surface area contributed by atoms with Crippen LogP contribution in [0.1, 0.15) is 33.6 Å². The summed E-state index contributed by atoms with van der Waals surface area (Å²) in [7, 11) is 1.82. The number of aliphatic imine (C=N–C) groups is 1. The molecule has 0 bridgehead atoms. The standard InChI is InChI=1S/C19H37N5O3.HI/c1-5-27-19(25)22-16(12-15(2)3)13-21-18(20-4)24-7-6-17(14-24)23-8-10-26-11-9-23;/h15-17H,5-14H2,1-4H3,(H,20,21)(H,22,25);1H. The number of hydrogen-bond acceptors (Lipinski definition) is 5. The van der Waals surface area contributed by atoms with Crippen molar-refractivity contribution in [3.63, 3.8) is 0 Å². The second kappa shape index (κ2) is 13.4. The number of rotatable bonds is 7. The van der Waals surface area contributed by atoms with Crippen molar-refractivity contribution in [1.82, 2.24) is 20.4 Å². The van der Waals surface area contributed by atoms with Crippen molar-refractivity contribution in [2.24, 2.45) is 10.9 Å². The van der Waals surface area contributed by atoms with Gasteiger partial charge in [-0.1, -0.05) is 13.8 Å². The number of hydrogen-bond donors (Lipinski definition) is 2.